The molecule has 4 heteroatoms. The molecule has 1 aliphatic carbocycles. The number of nitrogens with one attached hydrogen (secondary N) is 1. The molecule has 1 heterocycles. The van der Waals surface area contributed by atoms with E-state index in [-0.39, 0.29) is 11.9 Å². The Hall–Kier alpha value is -0.610. The summed E-state index contributed by atoms with van der Waals surface area (Å²) in [6.45, 7) is 2.42. The van der Waals surface area contributed by atoms with E-state index in [1.54, 1.807) is 0 Å². The smallest absolute Gasteiger partial charge is 0.234 e. The molecule has 104 valence electrons. The van der Waals surface area contributed by atoms with Gasteiger partial charge >= 0.3 is 0 Å². The van der Waals surface area contributed by atoms with Gasteiger partial charge in [0.05, 0.1) is 6.54 Å². The minimum Gasteiger partial charge on any atom is -0.352 e. The first-order chi connectivity index (χ1) is 8.74. The zero-order valence-corrected chi connectivity index (χ0v) is 11.4. The van der Waals surface area contributed by atoms with Gasteiger partial charge in [-0.1, -0.05) is 25.7 Å². The van der Waals surface area contributed by atoms with Gasteiger partial charge in [-0.05, 0) is 32.2 Å². The number of likely N-dealkylation sites (tertiary alicyclic amines) is 1. The van der Waals surface area contributed by atoms with Crippen molar-refractivity contribution in [2.24, 2.45) is 5.73 Å². The van der Waals surface area contributed by atoms with Crippen molar-refractivity contribution in [3.05, 3.63) is 0 Å². The predicted octanol–water partition coefficient (Wildman–Crippen LogP) is 1.25. The van der Waals surface area contributed by atoms with Crippen LogP contribution >= 0.6 is 0 Å². The third kappa shape index (κ3) is 4.58. The molecular formula is C14H27N3O. The molecule has 0 radical (unpaired) electrons. The van der Waals surface area contributed by atoms with Gasteiger partial charge in [-0.25, -0.2) is 0 Å². The van der Waals surface area contributed by atoms with Crippen molar-refractivity contribution < 1.29 is 4.79 Å². The fourth-order valence-electron chi connectivity index (χ4n) is 3.14. The lowest BCUT2D eigenvalue weighted by atomic mass is 10.1. The summed E-state index contributed by atoms with van der Waals surface area (Å²) in [6, 6.07) is 0.669. The Bertz CT molecular complexity index is 256. The minimum atomic E-state index is 0.191. The Labute approximate surface area is 110 Å². The lowest BCUT2D eigenvalue weighted by Crippen LogP contribution is -2.48. The third-order valence-electron chi connectivity index (χ3n) is 4.13. The summed E-state index contributed by atoms with van der Waals surface area (Å²) in [5.41, 5.74) is 5.93. The molecule has 1 amide bonds. The molecule has 2 rings (SSSR count). The number of nitrogens with two attached hydrogens (primary N) is 1. The zero-order valence-electron chi connectivity index (χ0n) is 11.4. The van der Waals surface area contributed by atoms with Crippen molar-refractivity contribution in [2.45, 2.75) is 63.5 Å². The number of hydrogen-bond acceptors (Lipinski definition) is 3. The standard InChI is InChI=1S/C14H27N3O/c15-12-6-5-9-17(10-12)11-14(18)16-13-7-3-1-2-4-8-13/h12-13H,1-11,15H2,(H,16,18). The second-order valence-corrected chi connectivity index (χ2v) is 5.89. The predicted molar refractivity (Wildman–Crippen MR) is 73.3 cm³/mol. The number of hydrogen-bond donors (Lipinski definition) is 2. The van der Waals surface area contributed by atoms with Crippen LogP contribution in [0.25, 0.3) is 0 Å². The van der Waals surface area contributed by atoms with Crippen LogP contribution in [0.5, 0.6) is 0 Å². The second kappa shape index (κ2) is 7.10. The summed E-state index contributed by atoms with van der Waals surface area (Å²) in [4.78, 5) is 14.2. The summed E-state index contributed by atoms with van der Waals surface area (Å²) in [6.07, 6.45) is 9.72. The number of piperidine rings is 1. The molecule has 0 aromatic rings. The highest BCUT2D eigenvalue weighted by Crippen LogP contribution is 2.17. The van der Waals surface area contributed by atoms with E-state index in [1.165, 1.54) is 25.7 Å². The van der Waals surface area contributed by atoms with Gasteiger partial charge < -0.3 is 11.1 Å². The summed E-state index contributed by atoms with van der Waals surface area (Å²) in [5.74, 6) is 0.191. The molecule has 2 fully saturated rings. The molecule has 0 spiro atoms. The fourth-order valence-corrected chi connectivity index (χ4v) is 3.14. The van der Waals surface area contributed by atoms with E-state index in [1.807, 2.05) is 0 Å². The first-order valence-electron chi connectivity index (χ1n) is 7.51. The Kier molecular flexibility index (Phi) is 5.45. The van der Waals surface area contributed by atoms with Crippen LogP contribution in [-0.2, 0) is 4.79 Å². The molecule has 0 bridgehead atoms. The first-order valence-corrected chi connectivity index (χ1v) is 7.51. The normalized spacial score (nSPS) is 27.7. The molecule has 1 aliphatic heterocycles. The molecule has 18 heavy (non-hydrogen) atoms. The molecular weight excluding hydrogens is 226 g/mol. The van der Waals surface area contributed by atoms with Crippen molar-refractivity contribution in [3.63, 3.8) is 0 Å². The quantitative estimate of drug-likeness (QED) is 0.744. The summed E-state index contributed by atoms with van der Waals surface area (Å²) >= 11 is 0. The van der Waals surface area contributed by atoms with Crippen molar-refractivity contribution >= 4 is 5.91 Å². The van der Waals surface area contributed by atoms with E-state index in [0.717, 1.165) is 38.8 Å². The van der Waals surface area contributed by atoms with Crippen LogP contribution in [-0.4, -0.2) is 42.5 Å². The zero-order chi connectivity index (χ0) is 12.8. The van der Waals surface area contributed by atoms with Crippen LogP contribution in [0.15, 0.2) is 0 Å². The molecule has 0 aromatic heterocycles. The van der Waals surface area contributed by atoms with E-state index in [9.17, 15) is 4.79 Å². The Balaban J connectivity index is 1.70. The largest absolute Gasteiger partial charge is 0.352 e. The van der Waals surface area contributed by atoms with Gasteiger partial charge in [-0.15, -0.1) is 0 Å². The van der Waals surface area contributed by atoms with Crippen LogP contribution in [0.1, 0.15) is 51.4 Å². The molecule has 1 saturated heterocycles. The molecule has 3 N–H and O–H groups in total. The van der Waals surface area contributed by atoms with Crippen molar-refractivity contribution in [2.75, 3.05) is 19.6 Å². The highest BCUT2D eigenvalue weighted by molar-refractivity contribution is 5.78. The van der Waals surface area contributed by atoms with E-state index < -0.39 is 0 Å². The second-order valence-electron chi connectivity index (χ2n) is 5.89. The van der Waals surface area contributed by atoms with Crippen molar-refractivity contribution in [1.82, 2.24) is 10.2 Å². The average molecular weight is 253 g/mol. The third-order valence-corrected chi connectivity index (χ3v) is 4.13. The van der Waals surface area contributed by atoms with Gasteiger partial charge in [-0.3, -0.25) is 9.69 Å². The van der Waals surface area contributed by atoms with Gasteiger partial charge in [0.2, 0.25) is 5.91 Å². The minimum absolute atomic E-state index is 0.191. The van der Waals surface area contributed by atoms with Crippen LogP contribution in [0, 0.1) is 0 Å². The lowest BCUT2D eigenvalue weighted by molar-refractivity contribution is -0.123. The Morgan fingerprint density at radius 1 is 1.11 bits per heavy atom. The van der Waals surface area contributed by atoms with Gasteiger partial charge in [0.15, 0.2) is 0 Å². The van der Waals surface area contributed by atoms with Crippen molar-refractivity contribution in [3.8, 4) is 0 Å². The maximum atomic E-state index is 12.0. The molecule has 2 aliphatic rings. The van der Waals surface area contributed by atoms with E-state index in [2.05, 4.69) is 10.2 Å². The number of rotatable bonds is 3. The molecule has 1 saturated carbocycles. The van der Waals surface area contributed by atoms with Gasteiger partial charge in [-0.2, -0.15) is 0 Å². The van der Waals surface area contributed by atoms with E-state index in [4.69, 9.17) is 5.73 Å². The Morgan fingerprint density at radius 2 is 1.83 bits per heavy atom. The average Bonchev–Trinajstić information content (AvgIpc) is 2.57. The molecule has 1 unspecified atom stereocenters. The maximum absolute atomic E-state index is 12.0. The number of carbonyl (C=O) groups is 1. The molecule has 1 atom stereocenters. The van der Waals surface area contributed by atoms with Crippen LogP contribution in [0.4, 0.5) is 0 Å². The number of amides is 1. The number of carbonyl (C=O) groups excluding carboxylic acids is 1. The van der Waals surface area contributed by atoms with E-state index in [0.29, 0.717) is 12.6 Å². The summed E-state index contributed by atoms with van der Waals surface area (Å²) in [5, 5.41) is 3.20. The first kappa shape index (κ1) is 13.8. The van der Waals surface area contributed by atoms with Crippen LogP contribution in [0.3, 0.4) is 0 Å². The SMILES string of the molecule is NC1CCCN(CC(=O)NC2CCCCCC2)C1. The Morgan fingerprint density at radius 3 is 2.50 bits per heavy atom. The van der Waals surface area contributed by atoms with Crippen molar-refractivity contribution in [1.29, 1.82) is 0 Å². The fraction of sp³-hybridized carbons (Fsp3) is 0.929. The van der Waals surface area contributed by atoms with Gasteiger partial charge in [0.1, 0.15) is 0 Å². The summed E-state index contributed by atoms with van der Waals surface area (Å²) in [7, 11) is 0. The van der Waals surface area contributed by atoms with Gasteiger partial charge in [0.25, 0.3) is 0 Å². The van der Waals surface area contributed by atoms with Crippen LogP contribution in [0.2, 0.25) is 0 Å². The lowest BCUT2D eigenvalue weighted by Gasteiger charge is -2.30. The molecule has 4 nitrogen and oxygen atoms in total. The highest BCUT2D eigenvalue weighted by Gasteiger charge is 2.20. The van der Waals surface area contributed by atoms with Crippen LogP contribution < -0.4 is 11.1 Å². The maximum Gasteiger partial charge on any atom is 0.234 e. The highest BCUT2D eigenvalue weighted by atomic mass is 16.2. The monoisotopic (exact) mass is 253 g/mol. The van der Waals surface area contributed by atoms with E-state index >= 15 is 0 Å². The topological polar surface area (TPSA) is 58.4 Å². The summed E-state index contributed by atoms with van der Waals surface area (Å²) < 4.78 is 0. The van der Waals surface area contributed by atoms with Gasteiger partial charge in [0, 0.05) is 18.6 Å². The number of nitrogens with zero attached hydrogens (tertiary/aromatic N) is 1. The molecule has 0 aromatic carbocycles.